The van der Waals surface area contributed by atoms with E-state index < -0.39 is 0 Å². The van der Waals surface area contributed by atoms with Gasteiger partial charge >= 0.3 is 0 Å². The zero-order valence-electron chi connectivity index (χ0n) is 6.01. The Morgan fingerprint density at radius 2 is 2.40 bits per heavy atom. The first kappa shape index (κ1) is 6.17. The van der Waals surface area contributed by atoms with Gasteiger partial charge in [-0.1, -0.05) is 17.7 Å². The third-order valence-electron chi connectivity index (χ3n) is 2.39. The Morgan fingerprint density at radius 1 is 1.50 bits per heavy atom. The lowest BCUT2D eigenvalue weighted by atomic mass is 9.91. The highest BCUT2D eigenvalue weighted by molar-refractivity contribution is 5.38. The molecule has 0 aromatic heterocycles. The molecule has 0 heterocycles. The predicted octanol–water partition coefficient (Wildman–Crippen LogP) is 1.79. The van der Waals surface area contributed by atoms with E-state index in [0.717, 1.165) is 12.8 Å². The van der Waals surface area contributed by atoms with E-state index in [1.165, 1.54) is 24.0 Å². The lowest BCUT2D eigenvalue weighted by molar-refractivity contribution is 0.193. The van der Waals surface area contributed by atoms with Gasteiger partial charge in [0.15, 0.2) is 0 Å². The molecule has 0 aromatic carbocycles. The normalized spacial score (nSPS) is 31.1. The summed E-state index contributed by atoms with van der Waals surface area (Å²) >= 11 is 0. The molecule has 0 amide bonds. The number of aliphatic hydroxyl groups excluding tert-OH is 1. The van der Waals surface area contributed by atoms with Crippen LogP contribution in [0.25, 0.3) is 0 Å². The van der Waals surface area contributed by atoms with E-state index in [1.807, 2.05) is 0 Å². The van der Waals surface area contributed by atoms with E-state index in [-0.39, 0.29) is 6.10 Å². The molecule has 0 aliphatic heterocycles. The zero-order chi connectivity index (χ0) is 6.97. The topological polar surface area (TPSA) is 20.2 Å². The van der Waals surface area contributed by atoms with Crippen LogP contribution in [-0.4, -0.2) is 11.2 Å². The van der Waals surface area contributed by atoms with Crippen LogP contribution in [0.4, 0.5) is 0 Å². The number of rotatable bonds is 0. The summed E-state index contributed by atoms with van der Waals surface area (Å²) in [6, 6.07) is 0. The van der Waals surface area contributed by atoms with E-state index in [9.17, 15) is 5.11 Å². The van der Waals surface area contributed by atoms with Crippen LogP contribution < -0.4 is 0 Å². The molecule has 0 unspecified atom stereocenters. The first-order valence-electron chi connectivity index (χ1n) is 3.94. The Bertz CT molecular complexity index is 201. The van der Waals surface area contributed by atoms with Crippen LogP contribution in [0, 0.1) is 0 Å². The van der Waals surface area contributed by atoms with Gasteiger partial charge < -0.3 is 5.11 Å². The summed E-state index contributed by atoms with van der Waals surface area (Å²) in [7, 11) is 0. The quantitative estimate of drug-likeness (QED) is 0.538. The monoisotopic (exact) mass is 136 g/mol. The molecule has 1 atom stereocenters. The Hall–Kier alpha value is -0.560. The van der Waals surface area contributed by atoms with Gasteiger partial charge in [0.25, 0.3) is 0 Å². The summed E-state index contributed by atoms with van der Waals surface area (Å²) in [4.78, 5) is 0. The molecule has 2 aliphatic rings. The van der Waals surface area contributed by atoms with Crippen molar-refractivity contribution in [3.8, 4) is 0 Å². The average molecular weight is 136 g/mol. The second-order valence-electron chi connectivity index (χ2n) is 3.07. The van der Waals surface area contributed by atoms with Crippen LogP contribution in [-0.2, 0) is 0 Å². The Kier molecular flexibility index (Phi) is 1.38. The highest BCUT2D eigenvalue weighted by atomic mass is 16.3. The Balaban J connectivity index is 2.29. The minimum atomic E-state index is -0.150. The minimum Gasteiger partial charge on any atom is -0.388 e. The molecule has 1 N–H and O–H groups in total. The average Bonchev–Trinajstić information content (AvgIpc) is 2.36. The highest BCUT2D eigenvalue weighted by Gasteiger charge is 2.20. The van der Waals surface area contributed by atoms with Gasteiger partial charge in [-0.25, -0.2) is 0 Å². The summed E-state index contributed by atoms with van der Waals surface area (Å²) in [6.45, 7) is 0. The van der Waals surface area contributed by atoms with Crippen LogP contribution in [0.2, 0.25) is 0 Å². The fourth-order valence-electron chi connectivity index (χ4n) is 1.82. The van der Waals surface area contributed by atoms with Crippen molar-refractivity contribution in [1.29, 1.82) is 0 Å². The molecule has 0 fully saturated rings. The zero-order valence-corrected chi connectivity index (χ0v) is 6.01. The van der Waals surface area contributed by atoms with Gasteiger partial charge in [-0.2, -0.15) is 0 Å². The highest BCUT2D eigenvalue weighted by Crippen LogP contribution is 2.32. The molecular formula is C9H12O. The molecule has 2 aliphatic carbocycles. The summed E-state index contributed by atoms with van der Waals surface area (Å²) in [5.74, 6) is 0. The molecule has 1 nitrogen and oxygen atoms in total. The lowest BCUT2D eigenvalue weighted by Crippen LogP contribution is -2.13. The molecule has 54 valence electrons. The van der Waals surface area contributed by atoms with Crippen molar-refractivity contribution in [1.82, 2.24) is 0 Å². The van der Waals surface area contributed by atoms with Gasteiger partial charge in [0.1, 0.15) is 0 Å². The van der Waals surface area contributed by atoms with Crippen molar-refractivity contribution in [3.05, 3.63) is 23.3 Å². The van der Waals surface area contributed by atoms with Crippen molar-refractivity contribution in [3.63, 3.8) is 0 Å². The van der Waals surface area contributed by atoms with Gasteiger partial charge in [-0.3, -0.25) is 0 Å². The van der Waals surface area contributed by atoms with Gasteiger partial charge in [0.05, 0.1) is 6.10 Å². The van der Waals surface area contributed by atoms with Crippen LogP contribution in [0.5, 0.6) is 0 Å². The maximum atomic E-state index is 9.47. The third kappa shape index (κ3) is 0.816. The van der Waals surface area contributed by atoms with Crippen LogP contribution in [0.3, 0.4) is 0 Å². The summed E-state index contributed by atoms with van der Waals surface area (Å²) < 4.78 is 0. The van der Waals surface area contributed by atoms with Gasteiger partial charge in [0, 0.05) is 0 Å². The van der Waals surface area contributed by atoms with Crippen molar-refractivity contribution >= 4 is 0 Å². The fourth-order valence-corrected chi connectivity index (χ4v) is 1.82. The number of allylic oxidation sites excluding steroid dienone is 2. The maximum absolute atomic E-state index is 9.47. The van der Waals surface area contributed by atoms with Crippen LogP contribution >= 0.6 is 0 Å². The van der Waals surface area contributed by atoms with Crippen molar-refractivity contribution in [2.75, 3.05) is 0 Å². The predicted molar refractivity (Wildman–Crippen MR) is 40.6 cm³/mol. The van der Waals surface area contributed by atoms with Crippen molar-refractivity contribution < 1.29 is 5.11 Å². The SMILES string of the molecule is O[C@@H]1CCCC2=C1C=CC2. The summed E-state index contributed by atoms with van der Waals surface area (Å²) in [6.07, 6.45) is 8.51. The number of aliphatic hydroxyl groups is 1. The van der Waals surface area contributed by atoms with Gasteiger partial charge in [0.2, 0.25) is 0 Å². The van der Waals surface area contributed by atoms with Gasteiger partial charge in [-0.15, -0.1) is 0 Å². The standard InChI is InChI=1S/C9H12O/c10-9-6-2-4-7-3-1-5-8(7)9/h1,5,9-10H,2-4,6H2/t9-/m1/s1. The molecule has 0 saturated heterocycles. The second-order valence-corrected chi connectivity index (χ2v) is 3.07. The molecule has 0 spiro atoms. The van der Waals surface area contributed by atoms with Gasteiger partial charge in [-0.05, 0) is 31.3 Å². The van der Waals surface area contributed by atoms with E-state index in [2.05, 4.69) is 12.2 Å². The molecule has 2 rings (SSSR count). The largest absolute Gasteiger partial charge is 0.388 e. The second kappa shape index (κ2) is 2.24. The molecule has 0 radical (unpaired) electrons. The first-order chi connectivity index (χ1) is 4.88. The molecule has 0 bridgehead atoms. The van der Waals surface area contributed by atoms with E-state index in [4.69, 9.17) is 0 Å². The molecule has 0 saturated carbocycles. The Labute approximate surface area is 61.1 Å². The lowest BCUT2D eigenvalue weighted by Gasteiger charge is -2.19. The number of hydrogen-bond donors (Lipinski definition) is 1. The minimum absolute atomic E-state index is 0.150. The van der Waals surface area contributed by atoms with E-state index in [0.29, 0.717) is 0 Å². The molecule has 1 heteroatoms. The van der Waals surface area contributed by atoms with Crippen LogP contribution in [0.15, 0.2) is 23.3 Å². The smallest absolute Gasteiger partial charge is 0.0789 e. The molecule has 10 heavy (non-hydrogen) atoms. The number of hydrogen-bond acceptors (Lipinski definition) is 1. The fraction of sp³-hybridized carbons (Fsp3) is 0.556. The molecule has 0 aromatic rings. The van der Waals surface area contributed by atoms with Crippen LogP contribution in [0.1, 0.15) is 25.7 Å². The Morgan fingerprint density at radius 3 is 3.20 bits per heavy atom. The third-order valence-corrected chi connectivity index (χ3v) is 2.39. The van der Waals surface area contributed by atoms with Crippen molar-refractivity contribution in [2.45, 2.75) is 31.8 Å². The van der Waals surface area contributed by atoms with E-state index in [1.54, 1.807) is 0 Å². The summed E-state index contributed by atoms with van der Waals surface area (Å²) in [5.41, 5.74) is 2.69. The molecular weight excluding hydrogens is 124 g/mol. The van der Waals surface area contributed by atoms with E-state index >= 15 is 0 Å². The maximum Gasteiger partial charge on any atom is 0.0789 e. The van der Waals surface area contributed by atoms with Crippen molar-refractivity contribution in [2.24, 2.45) is 0 Å². The first-order valence-corrected chi connectivity index (χ1v) is 3.94. The summed E-state index contributed by atoms with van der Waals surface area (Å²) in [5, 5.41) is 9.47.